The summed E-state index contributed by atoms with van der Waals surface area (Å²) >= 11 is 1.14. The standard InChI is InChI=1S/C21H25N3O7S2/c1-2-29-20(26)16-13-32-21(22-16)23-19(25)14-6-8-24(9-7-14)33(27,28)15-4-5-17-18(12-15)31-11-3-10-30-17/h4-5,12-14H,2-3,6-11H2,1H3,(H,22,23,25). The van der Waals surface area contributed by atoms with Crippen LogP contribution in [0.5, 0.6) is 11.5 Å². The van der Waals surface area contributed by atoms with Crippen LogP contribution in [0.25, 0.3) is 0 Å². The first-order chi connectivity index (χ1) is 15.9. The van der Waals surface area contributed by atoms with E-state index in [1.807, 2.05) is 0 Å². The minimum Gasteiger partial charge on any atom is -0.490 e. The number of sulfonamides is 1. The van der Waals surface area contributed by atoms with Gasteiger partial charge in [0.05, 0.1) is 24.7 Å². The van der Waals surface area contributed by atoms with Gasteiger partial charge in [-0.3, -0.25) is 4.79 Å². The SMILES string of the molecule is CCOC(=O)c1csc(NC(=O)C2CCN(S(=O)(=O)c3ccc4c(c3)OCCCO4)CC2)n1. The highest BCUT2D eigenvalue weighted by molar-refractivity contribution is 7.89. The second-order valence-electron chi connectivity index (χ2n) is 7.58. The number of piperidine rings is 1. The average Bonchev–Trinajstić information content (AvgIpc) is 3.15. The molecule has 33 heavy (non-hydrogen) atoms. The fraction of sp³-hybridized carbons (Fsp3) is 0.476. The molecule has 3 heterocycles. The van der Waals surface area contributed by atoms with Gasteiger partial charge in [0, 0.05) is 36.9 Å². The topological polar surface area (TPSA) is 124 Å². The molecule has 1 aromatic heterocycles. The zero-order valence-electron chi connectivity index (χ0n) is 18.1. The monoisotopic (exact) mass is 495 g/mol. The molecular weight excluding hydrogens is 470 g/mol. The Morgan fingerprint density at radius 2 is 1.94 bits per heavy atom. The number of aromatic nitrogens is 1. The maximum Gasteiger partial charge on any atom is 0.357 e. The molecule has 12 heteroatoms. The zero-order chi connectivity index (χ0) is 23.4. The molecule has 2 aliphatic heterocycles. The molecule has 0 radical (unpaired) electrons. The van der Waals surface area contributed by atoms with Crippen molar-refractivity contribution in [2.45, 2.75) is 31.1 Å². The molecule has 0 spiro atoms. The van der Waals surface area contributed by atoms with Crippen LogP contribution in [0.4, 0.5) is 5.13 Å². The molecule has 1 amide bonds. The summed E-state index contributed by atoms with van der Waals surface area (Å²) in [4.78, 5) is 28.6. The van der Waals surface area contributed by atoms with Gasteiger partial charge in [0.25, 0.3) is 0 Å². The van der Waals surface area contributed by atoms with Crippen LogP contribution in [0.1, 0.15) is 36.7 Å². The van der Waals surface area contributed by atoms with Crippen molar-refractivity contribution in [1.29, 1.82) is 0 Å². The Morgan fingerprint density at radius 1 is 1.21 bits per heavy atom. The zero-order valence-corrected chi connectivity index (χ0v) is 19.7. The number of ether oxygens (including phenoxy) is 3. The van der Waals surface area contributed by atoms with Crippen LogP contribution in [0.2, 0.25) is 0 Å². The third-order valence-electron chi connectivity index (χ3n) is 5.40. The highest BCUT2D eigenvalue weighted by Crippen LogP contribution is 2.34. The number of carbonyl (C=O) groups excluding carboxylic acids is 2. The van der Waals surface area contributed by atoms with E-state index in [4.69, 9.17) is 14.2 Å². The van der Waals surface area contributed by atoms with E-state index in [-0.39, 0.29) is 42.1 Å². The number of carbonyl (C=O) groups is 2. The maximum atomic E-state index is 13.1. The number of anilines is 1. The van der Waals surface area contributed by atoms with Crippen LogP contribution in [-0.4, -0.2) is 62.5 Å². The summed E-state index contributed by atoms with van der Waals surface area (Å²) in [5, 5.41) is 4.55. The van der Waals surface area contributed by atoms with Gasteiger partial charge in [0.1, 0.15) is 0 Å². The number of rotatable bonds is 6. The van der Waals surface area contributed by atoms with Crippen molar-refractivity contribution in [3.63, 3.8) is 0 Å². The Labute approximate surface area is 195 Å². The Morgan fingerprint density at radius 3 is 2.67 bits per heavy atom. The minimum atomic E-state index is -3.72. The van der Waals surface area contributed by atoms with Crippen LogP contribution < -0.4 is 14.8 Å². The number of fused-ring (bicyclic) bond motifs is 1. The summed E-state index contributed by atoms with van der Waals surface area (Å²) in [6.07, 6.45) is 1.49. The average molecular weight is 496 g/mol. The van der Waals surface area contributed by atoms with Gasteiger partial charge in [-0.1, -0.05) is 0 Å². The molecule has 0 unspecified atom stereocenters. The fourth-order valence-electron chi connectivity index (χ4n) is 3.65. The van der Waals surface area contributed by atoms with E-state index in [2.05, 4.69) is 10.3 Å². The Balaban J connectivity index is 1.36. The molecular formula is C21H25N3O7S2. The lowest BCUT2D eigenvalue weighted by Gasteiger charge is -2.30. The lowest BCUT2D eigenvalue weighted by atomic mass is 9.97. The molecule has 0 atom stereocenters. The quantitative estimate of drug-likeness (QED) is 0.607. The lowest BCUT2D eigenvalue weighted by molar-refractivity contribution is -0.120. The van der Waals surface area contributed by atoms with Crippen molar-refractivity contribution in [1.82, 2.24) is 9.29 Å². The molecule has 1 N–H and O–H groups in total. The molecule has 2 aliphatic rings. The summed E-state index contributed by atoms with van der Waals surface area (Å²) in [5.74, 6) is -0.173. The third-order valence-corrected chi connectivity index (χ3v) is 8.05. The van der Waals surface area contributed by atoms with Crippen molar-refractivity contribution >= 4 is 38.4 Å². The maximum absolute atomic E-state index is 13.1. The summed E-state index contributed by atoms with van der Waals surface area (Å²) in [5.41, 5.74) is 0.146. The first-order valence-electron chi connectivity index (χ1n) is 10.7. The molecule has 10 nitrogen and oxygen atoms in total. The fourth-order valence-corrected chi connectivity index (χ4v) is 5.82. The summed E-state index contributed by atoms with van der Waals surface area (Å²) in [6.45, 7) is 3.39. The van der Waals surface area contributed by atoms with Gasteiger partial charge in [-0.25, -0.2) is 18.2 Å². The number of esters is 1. The normalized spacial score (nSPS) is 17.2. The Hall–Kier alpha value is -2.70. The highest BCUT2D eigenvalue weighted by Gasteiger charge is 2.33. The Kier molecular flexibility index (Phi) is 7.15. The van der Waals surface area contributed by atoms with Crippen molar-refractivity contribution in [3.8, 4) is 11.5 Å². The molecule has 4 rings (SSSR count). The van der Waals surface area contributed by atoms with Crippen molar-refractivity contribution < 1.29 is 32.2 Å². The van der Waals surface area contributed by atoms with Crippen LogP contribution in [0, 0.1) is 5.92 Å². The van der Waals surface area contributed by atoms with Gasteiger partial charge in [0.15, 0.2) is 22.3 Å². The van der Waals surface area contributed by atoms with Gasteiger partial charge in [0.2, 0.25) is 15.9 Å². The lowest BCUT2D eigenvalue weighted by Crippen LogP contribution is -2.41. The third kappa shape index (κ3) is 5.28. The predicted molar refractivity (Wildman–Crippen MR) is 120 cm³/mol. The number of benzene rings is 1. The van der Waals surface area contributed by atoms with E-state index in [1.54, 1.807) is 13.0 Å². The number of amides is 1. The largest absolute Gasteiger partial charge is 0.490 e. The number of thiazole rings is 1. The smallest absolute Gasteiger partial charge is 0.357 e. The van der Waals surface area contributed by atoms with Crippen molar-refractivity contribution in [2.75, 3.05) is 38.2 Å². The number of hydrogen-bond acceptors (Lipinski definition) is 9. The number of nitrogens with one attached hydrogen (secondary N) is 1. The summed E-state index contributed by atoms with van der Waals surface area (Å²) < 4.78 is 43.7. The number of nitrogens with zero attached hydrogens (tertiary/aromatic N) is 2. The minimum absolute atomic E-state index is 0.143. The van der Waals surface area contributed by atoms with E-state index in [0.717, 1.165) is 17.8 Å². The molecule has 1 saturated heterocycles. The van der Waals surface area contributed by atoms with E-state index in [9.17, 15) is 18.0 Å². The molecule has 0 saturated carbocycles. The first kappa shape index (κ1) is 23.5. The van der Waals surface area contributed by atoms with Crippen LogP contribution in [0.3, 0.4) is 0 Å². The predicted octanol–water partition coefficient (Wildman–Crippen LogP) is 2.52. The first-order valence-corrected chi connectivity index (χ1v) is 13.0. The molecule has 1 aromatic carbocycles. The van der Waals surface area contributed by atoms with Crippen molar-refractivity contribution in [2.24, 2.45) is 5.92 Å². The van der Waals surface area contributed by atoms with Gasteiger partial charge in [-0.05, 0) is 31.9 Å². The van der Waals surface area contributed by atoms with E-state index < -0.39 is 16.0 Å². The molecule has 178 valence electrons. The van der Waals surface area contributed by atoms with Gasteiger partial charge < -0.3 is 19.5 Å². The van der Waals surface area contributed by atoms with Crippen LogP contribution >= 0.6 is 11.3 Å². The molecule has 1 fully saturated rings. The molecule has 0 bridgehead atoms. The number of hydrogen-bond donors (Lipinski definition) is 1. The second-order valence-corrected chi connectivity index (χ2v) is 10.4. The Bertz CT molecular complexity index is 1120. The van der Waals surface area contributed by atoms with Crippen LogP contribution in [0.15, 0.2) is 28.5 Å². The molecule has 2 aromatic rings. The summed E-state index contributed by atoms with van der Waals surface area (Å²) in [6, 6.07) is 4.63. The molecule has 0 aliphatic carbocycles. The van der Waals surface area contributed by atoms with Crippen molar-refractivity contribution in [3.05, 3.63) is 29.3 Å². The van der Waals surface area contributed by atoms with E-state index >= 15 is 0 Å². The summed E-state index contributed by atoms with van der Waals surface area (Å²) in [7, 11) is -3.72. The van der Waals surface area contributed by atoms with Gasteiger partial charge in [-0.2, -0.15) is 4.31 Å². The van der Waals surface area contributed by atoms with Gasteiger partial charge >= 0.3 is 5.97 Å². The highest BCUT2D eigenvalue weighted by atomic mass is 32.2. The van der Waals surface area contributed by atoms with E-state index in [0.29, 0.717) is 42.7 Å². The second kappa shape index (κ2) is 10.1. The van der Waals surface area contributed by atoms with Crippen LogP contribution in [-0.2, 0) is 19.6 Å². The van der Waals surface area contributed by atoms with E-state index in [1.165, 1.54) is 21.8 Å². The van der Waals surface area contributed by atoms with Gasteiger partial charge in [-0.15, -0.1) is 11.3 Å².